The molecule has 0 aromatic heterocycles. The highest BCUT2D eigenvalue weighted by molar-refractivity contribution is 5.67. The number of likely N-dealkylation sites (N-methyl/N-ethyl adjacent to an activating group) is 1. The molecule has 0 aromatic carbocycles. The third-order valence-corrected chi connectivity index (χ3v) is 1.65. The van der Waals surface area contributed by atoms with Crippen molar-refractivity contribution in [3.05, 3.63) is 0 Å². The number of hydrogen-bond acceptors (Lipinski definition) is 5. The Morgan fingerprint density at radius 2 is 1.50 bits per heavy atom. The fourth-order valence-electron chi connectivity index (χ4n) is 0.846. The summed E-state index contributed by atoms with van der Waals surface area (Å²) in [5, 5.41) is 8.27. The normalized spacial score (nSPS) is 10.9. The van der Waals surface area contributed by atoms with E-state index in [0.29, 0.717) is 33.0 Å². The Kier molecular flexibility index (Phi) is 10.3. The molecule has 0 spiro atoms. The average molecular weight is 235 g/mol. The molecule has 0 bridgehead atoms. The van der Waals surface area contributed by atoms with E-state index < -0.39 is 5.97 Å². The predicted octanol–water partition coefficient (Wildman–Crippen LogP) is -0.318. The maximum Gasteiger partial charge on any atom is 0.329 e. The number of hydrogen-bond donors (Lipinski definition) is 1. The number of ether oxygens (including phenoxy) is 3. The monoisotopic (exact) mass is 235 g/mol. The number of nitrogens with zero attached hydrogens (tertiary/aromatic N) is 1. The van der Waals surface area contributed by atoms with Crippen LogP contribution in [0.2, 0.25) is 0 Å². The topological polar surface area (TPSA) is 68.2 Å². The highest BCUT2D eigenvalue weighted by Gasteiger charge is 1.96. The van der Waals surface area contributed by atoms with Crippen molar-refractivity contribution in [3.63, 3.8) is 0 Å². The molecule has 1 N–H and O–H groups in total. The van der Waals surface area contributed by atoms with E-state index in [4.69, 9.17) is 19.3 Å². The van der Waals surface area contributed by atoms with Crippen molar-refractivity contribution in [2.24, 2.45) is 0 Å². The predicted molar refractivity (Wildman–Crippen MR) is 58.6 cm³/mol. The van der Waals surface area contributed by atoms with Crippen molar-refractivity contribution in [2.75, 3.05) is 60.3 Å². The first-order valence-corrected chi connectivity index (χ1v) is 5.22. The van der Waals surface area contributed by atoms with Crippen LogP contribution < -0.4 is 0 Å². The largest absolute Gasteiger partial charge is 0.480 e. The summed E-state index contributed by atoms with van der Waals surface area (Å²) in [6.45, 7) is 3.04. The highest BCUT2D eigenvalue weighted by Crippen LogP contribution is 1.82. The zero-order valence-electron chi connectivity index (χ0n) is 9.98. The second kappa shape index (κ2) is 10.8. The smallest absolute Gasteiger partial charge is 0.329 e. The van der Waals surface area contributed by atoms with Crippen LogP contribution in [0.25, 0.3) is 0 Å². The summed E-state index contributed by atoms with van der Waals surface area (Å²) in [7, 11) is 3.97. The van der Waals surface area contributed by atoms with Crippen LogP contribution in [0.5, 0.6) is 0 Å². The molecule has 0 fully saturated rings. The molecule has 6 nitrogen and oxygen atoms in total. The van der Waals surface area contributed by atoms with Crippen LogP contribution in [0, 0.1) is 0 Å². The first-order valence-electron chi connectivity index (χ1n) is 5.22. The van der Waals surface area contributed by atoms with Crippen LogP contribution in [0.4, 0.5) is 0 Å². The minimum absolute atomic E-state index is 0.275. The van der Waals surface area contributed by atoms with Crippen LogP contribution >= 0.6 is 0 Å². The van der Waals surface area contributed by atoms with Gasteiger partial charge in [-0.25, -0.2) is 4.79 Å². The number of carbonyl (C=O) groups is 1. The van der Waals surface area contributed by atoms with Crippen molar-refractivity contribution in [3.8, 4) is 0 Å². The molecule has 0 radical (unpaired) electrons. The van der Waals surface area contributed by atoms with Crippen molar-refractivity contribution in [1.29, 1.82) is 0 Å². The third kappa shape index (κ3) is 13.3. The maximum atomic E-state index is 10.1. The van der Waals surface area contributed by atoms with Gasteiger partial charge in [-0.15, -0.1) is 0 Å². The Balaban J connectivity index is 2.96. The second-order valence-electron chi connectivity index (χ2n) is 3.47. The quantitative estimate of drug-likeness (QED) is 0.495. The first-order chi connectivity index (χ1) is 7.63. The van der Waals surface area contributed by atoms with Gasteiger partial charge in [0.15, 0.2) is 0 Å². The van der Waals surface area contributed by atoms with E-state index in [1.807, 2.05) is 19.0 Å². The van der Waals surface area contributed by atoms with Gasteiger partial charge >= 0.3 is 5.97 Å². The molecule has 0 aliphatic rings. The van der Waals surface area contributed by atoms with Gasteiger partial charge in [-0.3, -0.25) is 0 Å². The lowest BCUT2D eigenvalue weighted by Crippen LogP contribution is -2.19. The van der Waals surface area contributed by atoms with Gasteiger partial charge in [-0.05, 0) is 14.1 Å². The van der Waals surface area contributed by atoms with Crippen LogP contribution in [-0.4, -0.2) is 76.3 Å². The lowest BCUT2D eigenvalue weighted by molar-refractivity contribution is -0.142. The van der Waals surface area contributed by atoms with Gasteiger partial charge in [0, 0.05) is 6.54 Å². The molecule has 0 saturated heterocycles. The van der Waals surface area contributed by atoms with Gasteiger partial charge in [0.25, 0.3) is 0 Å². The zero-order chi connectivity index (χ0) is 12.2. The molecule has 0 aliphatic carbocycles. The Hall–Kier alpha value is -0.690. The molecule has 16 heavy (non-hydrogen) atoms. The standard InChI is InChI=1S/C10H21NO5/c1-11(2)3-4-14-5-6-15-7-8-16-9-10(12)13/h3-9H2,1-2H3,(H,12,13). The Labute approximate surface area is 96.1 Å². The number of carboxylic acids is 1. The molecular weight excluding hydrogens is 214 g/mol. The fourth-order valence-corrected chi connectivity index (χ4v) is 0.846. The van der Waals surface area contributed by atoms with E-state index in [1.54, 1.807) is 0 Å². The molecule has 6 heteroatoms. The summed E-state index contributed by atoms with van der Waals surface area (Å²) >= 11 is 0. The van der Waals surface area contributed by atoms with Gasteiger partial charge in [0.1, 0.15) is 6.61 Å². The molecule has 0 atom stereocenters. The zero-order valence-corrected chi connectivity index (χ0v) is 9.98. The fraction of sp³-hybridized carbons (Fsp3) is 0.900. The first kappa shape index (κ1) is 15.3. The molecule has 96 valence electrons. The Morgan fingerprint density at radius 1 is 1.00 bits per heavy atom. The van der Waals surface area contributed by atoms with E-state index >= 15 is 0 Å². The van der Waals surface area contributed by atoms with Crippen LogP contribution in [-0.2, 0) is 19.0 Å². The lowest BCUT2D eigenvalue weighted by Gasteiger charge is -2.09. The van der Waals surface area contributed by atoms with Crippen LogP contribution in [0.3, 0.4) is 0 Å². The summed E-state index contributed by atoms with van der Waals surface area (Å²) in [5.41, 5.74) is 0. The average Bonchev–Trinajstić information content (AvgIpc) is 2.20. The third-order valence-electron chi connectivity index (χ3n) is 1.65. The van der Waals surface area contributed by atoms with Crippen molar-refractivity contribution < 1.29 is 24.1 Å². The maximum absolute atomic E-state index is 10.1. The molecule has 0 aromatic rings. The van der Waals surface area contributed by atoms with Gasteiger partial charge in [-0.2, -0.15) is 0 Å². The lowest BCUT2D eigenvalue weighted by atomic mass is 10.6. The van der Waals surface area contributed by atoms with Crippen LogP contribution in [0.15, 0.2) is 0 Å². The molecule has 0 saturated carbocycles. The van der Waals surface area contributed by atoms with E-state index in [-0.39, 0.29) is 6.61 Å². The van der Waals surface area contributed by atoms with E-state index in [2.05, 4.69) is 0 Å². The van der Waals surface area contributed by atoms with E-state index in [0.717, 1.165) is 6.54 Å². The summed E-state index contributed by atoms with van der Waals surface area (Å²) < 4.78 is 15.2. The minimum atomic E-state index is -0.966. The van der Waals surface area contributed by atoms with E-state index in [9.17, 15) is 4.79 Å². The van der Waals surface area contributed by atoms with Crippen molar-refractivity contribution >= 4 is 5.97 Å². The number of carboxylic acid groups (broad SMARTS) is 1. The molecule has 0 unspecified atom stereocenters. The van der Waals surface area contributed by atoms with Gasteiger partial charge in [0.2, 0.25) is 0 Å². The van der Waals surface area contributed by atoms with Crippen molar-refractivity contribution in [2.45, 2.75) is 0 Å². The summed E-state index contributed by atoms with van der Waals surface area (Å²) in [6.07, 6.45) is 0. The second-order valence-corrected chi connectivity index (χ2v) is 3.47. The molecular formula is C10H21NO5. The SMILES string of the molecule is CN(C)CCOCCOCCOCC(=O)O. The summed E-state index contributed by atoms with van der Waals surface area (Å²) in [4.78, 5) is 12.1. The summed E-state index contributed by atoms with van der Waals surface area (Å²) in [5.74, 6) is -0.966. The molecule has 0 amide bonds. The molecule has 0 heterocycles. The highest BCUT2D eigenvalue weighted by atomic mass is 16.5. The molecule has 0 rings (SSSR count). The minimum Gasteiger partial charge on any atom is -0.480 e. The molecule has 0 aliphatic heterocycles. The van der Waals surface area contributed by atoms with Crippen molar-refractivity contribution in [1.82, 2.24) is 4.90 Å². The van der Waals surface area contributed by atoms with Gasteiger partial charge in [0.05, 0.1) is 33.0 Å². The van der Waals surface area contributed by atoms with E-state index in [1.165, 1.54) is 0 Å². The Morgan fingerprint density at radius 3 is 2.00 bits per heavy atom. The number of rotatable bonds is 11. The van der Waals surface area contributed by atoms with Crippen LogP contribution in [0.1, 0.15) is 0 Å². The van der Waals surface area contributed by atoms with Gasteiger partial charge in [-0.1, -0.05) is 0 Å². The number of aliphatic carboxylic acids is 1. The van der Waals surface area contributed by atoms with Gasteiger partial charge < -0.3 is 24.2 Å². The Bertz CT molecular complexity index is 175. The summed E-state index contributed by atoms with van der Waals surface area (Å²) in [6, 6.07) is 0.